The molecule has 0 atom stereocenters. The van der Waals surface area contributed by atoms with Gasteiger partial charge in [-0.1, -0.05) is 12.1 Å². The molecule has 2 rings (SSSR count). The first-order chi connectivity index (χ1) is 9.11. The minimum absolute atomic E-state index is 0.0840. The molecule has 4 heteroatoms. The number of thioether (sulfide) groups is 1. The van der Waals surface area contributed by atoms with Crippen molar-refractivity contribution in [1.82, 2.24) is 5.32 Å². The molecule has 1 aliphatic carbocycles. The van der Waals surface area contributed by atoms with Gasteiger partial charge in [0.2, 0.25) is 0 Å². The summed E-state index contributed by atoms with van der Waals surface area (Å²) in [6.07, 6.45) is 6.84. The summed E-state index contributed by atoms with van der Waals surface area (Å²) in [6, 6.07) is 6.27. The van der Waals surface area contributed by atoms with Gasteiger partial charge in [-0.25, -0.2) is 0 Å². The lowest BCUT2D eigenvalue weighted by atomic mass is 9.94. The molecule has 0 aromatic heterocycles. The topological polar surface area (TPSA) is 29.1 Å². The Balaban J connectivity index is 1.96. The highest BCUT2D eigenvalue weighted by Gasteiger charge is 2.22. The van der Waals surface area contributed by atoms with Crippen molar-refractivity contribution >= 4 is 40.3 Å². The van der Waals surface area contributed by atoms with E-state index in [-0.39, 0.29) is 5.91 Å². The molecule has 1 saturated carbocycles. The lowest BCUT2D eigenvalue weighted by Crippen LogP contribution is -2.38. The van der Waals surface area contributed by atoms with Crippen LogP contribution in [0.4, 0.5) is 0 Å². The molecule has 1 aliphatic rings. The second kappa shape index (κ2) is 6.97. The summed E-state index contributed by atoms with van der Waals surface area (Å²) in [6.45, 7) is 2.04. The predicted molar refractivity (Wildman–Crippen MR) is 90.9 cm³/mol. The first-order valence-electron chi connectivity index (χ1n) is 6.70. The Kier molecular flexibility index (Phi) is 5.57. The maximum Gasteiger partial charge on any atom is 0.252 e. The van der Waals surface area contributed by atoms with Crippen LogP contribution in [0.3, 0.4) is 0 Å². The number of hydrogen-bond acceptors (Lipinski definition) is 2. The molecule has 0 saturated heterocycles. The van der Waals surface area contributed by atoms with Crippen LogP contribution in [0.25, 0.3) is 0 Å². The molecule has 0 bridgehead atoms. The second-order valence-corrected chi connectivity index (χ2v) is 7.34. The lowest BCUT2D eigenvalue weighted by molar-refractivity contribution is 0.0927. The Hall–Kier alpha value is -0.230. The van der Waals surface area contributed by atoms with E-state index >= 15 is 0 Å². The van der Waals surface area contributed by atoms with Gasteiger partial charge in [-0.3, -0.25) is 4.79 Å². The van der Waals surface area contributed by atoms with E-state index in [1.54, 1.807) is 0 Å². The fourth-order valence-electron chi connectivity index (χ4n) is 2.53. The van der Waals surface area contributed by atoms with Gasteiger partial charge in [-0.15, -0.1) is 0 Å². The van der Waals surface area contributed by atoms with Crippen molar-refractivity contribution in [3.63, 3.8) is 0 Å². The zero-order valence-electron chi connectivity index (χ0n) is 11.4. The van der Waals surface area contributed by atoms with E-state index < -0.39 is 0 Å². The van der Waals surface area contributed by atoms with E-state index in [4.69, 9.17) is 0 Å². The Labute approximate surface area is 133 Å². The van der Waals surface area contributed by atoms with Crippen LogP contribution in [0.5, 0.6) is 0 Å². The standard InChI is InChI=1S/C15H20INOS/c1-10-4-3-5-13(14(10)16)15(18)17-11-6-8-12(19-2)9-7-11/h3-5,11-12H,6-9H2,1-2H3,(H,17,18). The Bertz CT molecular complexity index is 455. The van der Waals surface area contributed by atoms with Gasteiger partial charge >= 0.3 is 0 Å². The highest BCUT2D eigenvalue weighted by atomic mass is 127. The van der Waals surface area contributed by atoms with Gasteiger partial charge in [-0.05, 0) is 73.1 Å². The van der Waals surface area contributed by atoms with Gasteiger partial charge in [0.25, 0.3) is 5.91 Å². The van der Waals surface area contributed by atoms with Gasteiger partial charge in [0.1, 0.15) is 0 Å². The van der Waals surface area contributed by atoms with Crippen LogP contribution in [-0.2, 0) is 0 Å². The number of nitrogens with one attached hydrogen (secondary N) is 1. The van der Waals surface area contributed by atoms with Crippen molar-refractivity contribution in [2.75, 3.05) is 6.26 Å². The van der Waals surface area contributed by atoms with Crippen molar-refractivity contribution in [3.05, 3.63) is 32.9 Å². The van der Waals surface area contributed by atoms with Crippen LogP contribution in [-0.4, -0.2) is 23.5 Å². The van der Waals surface area contributed by atoms with E-state index in [1.807, 2.05) is 36.9 Å². The number of aryl methyl sites for hydroxylation is 1. The predicted octanol–water partition coefficient (Wildman–Crippen LogP) is 4.00. The highest BCUT2D eigenvalue weighted by Crippen LogP contribution is 2.27. The summed E-state index contributed by atoms with van der Waals surface area (Å²) < 4.78 is 1.07. The zero-order valence-corrected chi connectivity index (χ0v) is 14.4. The number of halogens is 1. The van der Waals surface area contributed by atoms with Gasteiger partial charge in [0.05, 0.1) is 5.56 Å². The average molecular weight is 389 g/mol. The maximum absolute atomic E-state index is 12.3. The number of amides is 1. The summed E-state index contributed by atoms with van der Waals surface area (Å²) in [5.74, 6) is 0.0840. The maximum atomic E-state index is 12.3. The highest BCUT2D eigenvalue weighted by molar-refractivity contribution is 14.1. The molecule has 0 radical (unpaired) electrons. The Morgan fingerprint density at radius 2 is 2.00 bits per heavy atom. The van der Waals surface area contributed by atoms with Crippen LogP contribution < -0.4 is 5.32 Å². The largest absolute Gasteiger partial charge is 0.349 e. The van der Waals surface area contributed by atoms with E-state index in [0.717, 1.165) is 27.2 Å². The Morgan fingerprint density at radius 3 is 2.63 bits per heavy atom. The molecule has 1 amide bonds. The minimum Gasteiger partial charge on any atom is -0.349 e. The monoisotopic (exact) mass is 389 g/mol. The van der Waals surface area contributed by atoms with Gasteiger partial charge in [-0.2, -0.15) is 11.8 Å². The zero-order chi connectivity index (χ0) is 13.8. The fraction of sp³-hybridized carbons (Fsp3) is 0.533. The van der Waals surface area contributed by atoms with E-state index in [0.29, 0.717) is 6.04 Å². The molecule has 1 aromatic rings. The SMILES string of the molecule is CSC1CCC(NC(=O)c2cccc(C)c2I)CC1. The third-order valence-corrected chi connectivity index (χ3v) is 6.35. The van der Waals surface area contributed by atoms with Crippen molar-refractivity contribution in [3.8, 4) is 0 Å². The van der Waals surface area contributed by atoms with Crippen LogP contribution in [0.1, 0.15) is 41.6 Å². The van der Waals surface area contributed by atoms with E-state index in [1.165, 1.54) is 18.4 Å². The van der Waals surface area contributed by atoms with Crippen molar-refractivity contribution < 1.29 is 4.79 Å². The summed E-state index contributed by atoms with van der Waals surface area (Å²) in [5, 5.41) is 3.98. The molecular weight excluding hydrogens is 369 g/mol. The average Bonchev–Trinajstić information content (AvgIpc) is 2.42. The lowest BCUT2D eigenvalue weighted by Gasteiger charge is -2.28. The second-order valence-electron chi connectivity index (χ2n) is 5.12. The van der Waals surface area contributed by atoms with Crippen molar-refractivity contribution in [2.45, 2.75) is 43.9 Å². The van der Waals surface area contributed by atoms with Crippen LogP contribution in [0.15, 0.2) is 18.2 Å². The third kappa shape index (κ3) is 3.88. The summed E-state index contributed by atoms with van der Waals surface area (Å²) in [4.78, 5) is 12.3. The third-order valence-electron chi connectivity index (χ3n) is 3.78. The van der Waals surface area contributed by atoms with E-state index in [9.17, 15) is 4.79 Å². The normalized spacial score (nSPS) is 23.1. The van der Waals surface area contributed by atoms with Crippen LogP contribution in [0, 0.1) is 10.5 Å². The quantitative estimate of drug-likeness (QED) is 0.792. The van der Waals surface area contributed by atoms with Crippen molar-refractivity contribution in [1.29, 1.82) is 0 Å². The molecule has 0 aliphatic heterocycles. The molecule has 0 heterocycles. The Morgan fingerprint density at radius 1 is 1.32 bits per heavy atom. The number of rotatable bonds is 3. The van der Waals surface area contributed by atoms with Crippen LogP contribution >= 0.6 is 34.4 Å². The van der Waals surface area contributed by atoms with Crippen LogP contribution in [0.2, 0.25) is 0 Å². The molecule has 1 aromatic carbocycles. The molecule has 2 nitrogen and oxygen atoms in total. The molecule has 19 heavy (non-hydrogen) atoms. The summed E-state index contributed by atoms with van der Waals surface area (Å²) in [5.41, 5.74) is 1.98. The minimum atomic E-state index is 0.0840. The number of benzene rings is 1. The molecule has 1 N–H and O–H groups in total. The summed E-state index contributed by atoms with van der Waals surface area (Å²) >= 11 is 4.21. The first-order valence-corrected chi connectivity index (χ1v) is 9.07. The first kappa shape index (κ1) is 15.2. The van der Waals surface area contributed by atoms with Crippen molar-refractivity contribution in [2.24, 2.45) is 0 Å². The molecule has 1 fully saturated rings. The fourth-order valence-corrected chi connectivity index (χ4v) is 3.88. The molecule has 0 unspecified atom stereocenters. The van der Waals surface area contributed by atoms with E-state index in [2.05, 4.69) is 34.2 Å². The van der Waals surface area contributed by atoms with Gasteiger partial charge < -0.3 is 5.32 Å². The molecule has 0 spiro atoms. The number of carbonyl (C=O) groups excluding carboxylic acids is 1. The molecular formula is C15H20INOS. The van der Waals surface area contributed by atoms with Gasteiger partial charge in [0.15, 0.2) is 0 Å². The number of hydrogen-bond donors (Lipinski definition) is 1. The number of carbonyl (C=O) groups is 1. The smallest absolute Gasteiger partial charge is 0.252 e. The summed E-state index contributed by atoms with van der Waals surface area (Å²) in [7, 11) is 0. The molecule has 104 valence electrons. The van der Waals surface area contributed by atoms with Gasteiger partial charge in [0, 0.05) is 14.9 Å².